The van der Waals surface area contributed by atoms with Crippen LogP contribution in [0.1, 0.15) is 38.2 Å². The fourth-order valence-electron chi connectivity index (χ4n) is 3.21. The zero-order chi connectivity index (χ0) is 16.6. The number of aromatic nitrogens is 1. The van der Waals surface area contributed by atoms with Crippen molar-refractivity contribution in [2.24, 2.45) is 4.99 Å². The van der Waals surface area contributed by atoms with Crippen LogP contribution in [0.4, 0.5) is 5.82 Å². The van der Waals surface area contributed by atoms with Gasteiger partial charge in [0.15, 0.2) is 5.96 Å². The second-order valence-corrected chi connectivity index (χ2v) is 6.43. The van der Waals surface area contributed by atoms with Crippen LogP contribution in [0.2, 0.25) is 0 Å². The van der Waals surface area contributed by atoms with E-state index in [9.17, 15) is 0 Å². The summed E-state index contributed by atoms with van der Waals surface area (Å²) in [5, 5.41) is 6.69. The van der Waals surface area contributed by atoms with Crippen LogP contribution < -0.4 is 15.5 Å². The molecule has 1 atom stereocenters. The van der Waals surface area contributed by atoms with E-state index >= 15 is 0 Å². The van der Waals surface area contributed by atoms with Gasteiger partial charge in [0.25, 0.3) is 0 Å². The number of hydrogen-bond acceptors (Lipinski definition) is 4. The molecule has 1 aromatic rings. The number of pyridine rings is 1. The molecule has 1 aromatic heterocycles. The first-order chi connectivity index (χ1) is 11.8. The molecule has 0 aromatic carbocycles. The van der Waals surface area contributed by atoms with E-state index in [1.54, 1.807) is 0 Å². The van der Waals surface area contributed by atoms with E-state index in [4.69, 9.17) is 9.73 Å². The van der Waals surface area contributed by atoms with Crippen LogP contribution in [0.3, 0.4) is 0 Å². The minimum atomic E-state index is 0. The molecule has 2 fully saturated rings. The van der Waals surface area contributed by atoms with Gasteiger partial charge in [0.2, 0.25) is 0 Å². The molecule has 7 heteroatoms. The van der Waals surface area contributed by atoms with Gasteiger partial charge in [-0.05, 0) is 50.3 Å². The van der Waals surface area contributed by atoms with Gasteiger partial charge in [0.1, 0.15) is 5.82 Å². The van der Waals surface area contributed by atoms with Gasteiger partial charge < -0.3 is 20.3 Å². The van der Waals surface area contributed by atoms with Crippen molar-refractivity contribution in [3.05, 3.63) is 23.9 Å². The number of anilines is 1. The molecule has 0 amide bonds. The van der Waals surface area contributed by atoms with Gasteiger partial charge in [0.05, 0.1) is 12.6 Å². The molecule has 0 aliphatic carbocycles. The largest absolute Gasteiger partial charge is 0.376 e. The van der Waals surface area contributed by atoms with Gasteiger partial charge in [-0.2, -0.15) is 0 Å². The Balaban J connectivity index is 0.00000225. The molecule has 0 spiro atoms. The predicted octanol–water partition coefficient (Wildman–Crippen LogP) is 2.53. The first-order valence-corrected chi connectivity index (χ1v) is 9.19. The van der Waals surface area contributed by atoms with E-state index in [0.29, 0.717) is 12.6 Å². The van der Waals surface area contributed by atoms with Gasteiger partial charge in [-0.15, -0.1) is 24.0 Å². The summed E-state index contributed by atoms with van der Waals surface area (Å²) >= 11 is 0. The molecule has 2 aliphatic heterocycles. The molecule has 3 rings (SSSR count). The van der Waals surface area contributed by atoms with Gasteiger partial charge >= 0.3 is 0 Å². The molecule has 1 unspecified atom stereocenters. The molecule has 3 heterocycles. The normalized spacial score (nSPS) is 20.4. The van der Waals surface area contributed by atoms with Crippen molar-refractivity contribution < 1.29 is 4.74 Å². The minimum absolute atomic E-state index is 0. The van der Waals surface area contributed by atoms with Gasteiger partial charge in [-0.1, -0.05) is 0 Å². The average Bonchev–Trinajstić information content (AvgIpc) is 3.31. The third-order valence-corrected chi connectivity index (χ3v) is 4.53. The maximum Gasteiger partial charge on any atom is 0.191 e. The summed E-state index contributed by atoms with van der Waals surface area (Å²) in [6, 6.07) is 4.21. The van der Waals surface area contributed by atoms with Gasteiger partial charge in [0, 0.05) is 39.0 Å². The zero-order valence-corrected chi connectivity index (χ0v) is 17.4. The highest BCUT2D eigenvalue weighted by Gasteiger charge is 2.16. The number of nitrogens with one attached hydrogen (secondary N) is 2. The number of guanidine groups is 1. The number of rotatable bonds is 6. The standard InChI is InChI=1S/C18H29N5O.HI/c1-2-19-18(22-14-16-6-5-11-24-16)21-13-15-7-8-20-17(12-15)23-9-3-4-10-23;/h7-8,12,16H,2-6,9-11,13-14H2,1H3,(H2,19,21,22);1H. The Kier molecular flexibility index (Phi) is 8.74. The van der Waals surface area contributed by atoms with Gasteiger partial charge in [-0.3, -0.25) is 0 Å². The zero-order valence-electron chi connectivity index (χ0n) is 15.0. The Morgan fingerprint density at radius 1 is 1.32 bits per heavy atom. The molecular formula is C18H30IN5O. The Hall–Kier alpha value is -1.09. The quantitative estimate of drug-likeness (QED) is 0.389. The van der Waals surface area contributed by atoms with Crippen LogP contribution in [-0.2, 0) is 11.3 Å². The second kappa shape index (κ2) is 10.8. The summed E-state index contributed by atoms with van der Waals surface area (Å²) in [6.07, 6.45) is 7.04. The number of aliphatic imine (C=N–C) groups is 1. The Morgan fingerprint density at radius 2 is 2.16 bits per heavy atom. The lowest BCUT2D eigenvalue weighted by Crippen LogP contribution is -2.41. The van der Waals surface area contributed by atoms with Crippen molar-refractivity contribution in [1.29, 1.82) is 0 Å². The van der Waals surface area contributed by atoms with Crippen molar-refractivity contribution in [3.63, 3.8) is 0 Å². The lowest BCUT2D eigenvalue weighted by molar-refractivity contribution is 0.114. The highest BCUT2D eigenvalue weighted by Crippen LogP contribution is 2.18. The van der Waals surface area contributed by atoms with E-state index in [1.807, 2.05) is 12.3 Å². The topological polar surface area (TPSA) is 61.8 Å². The third kappa shape index (κ3) is 6.29. The summed E-state index contributed by atoms with van der Waals surface area (Å²) in [5.41, 5.74) is 1.20. The number of nitrogens with zero attached hydrogens (tertiary/aromatic N) is 3. The van der Waals surface area contributed by atoms with Crippen molar-refractivity contribution in [1.82, 2.24) is 15.6 Å². The third-order valence-electron chi connectivity index (χ3n) is 4.53. The first kappa shape index (κ1) is 20.2. The Labute approximate surface area is 167 Å². The minimum Gasteiger partial charge on any atom is -0.376 e. The van der Waals surface area contributed by atoms with Crippen LogP contribution in [0, 0.1) is 0 Å². The summed E-state index contributed by atoms with van der Waals surface area (Å²) in [7, 11) is 0. The van der Waals surface area contributed by atoms with Gasteiger partial charge in [-0.25, -0.2) is 9.98 Å². The van der Waals surface area contributed by atoms with Crippen molar-refractivity contribution in [3.8, 4) is 0 Å². The smallest absolute Gasteiger partial charge is 0.191 e. The van der Waals surface area contributed by atoms with Crippen LogP contribution in [0.25, 0.3) is 0 Å². The molecule has 2 N–H and O–H groups in total. The lowest BCUT2D eigenvalue weighted by atomic mass is 10.2. The van der Waals surface area contributed by atoms with Crippen LogP contribution in [0.15, 0.2) is 23.3 Å². The molecule has 25 heavy (non-hydrogen) atoms. The molecule has 0 radical (unpaired) electrons. The van der Waals surface area contributed by atoms with E-state index in [-0.39, 0.29) is 24.0 Å². The van der Waals surface area contributed by atoms with Crippen molar-refractivity contribution in [2.45, 2.75) is 45.3 Å². The first-order valence-electron chi connectivity index (χ1n) is 9.19. The summed E-state index contributed by atoms with van der Waals surface area (Å²) < 4.78 is 5.66. The summed E-state index contributed by atoms with van der Waals surface area (Å²) in [6.45, 7) is 7.53. The van der Waals surface area contributed by atoms with E-state index in [1.165, 1.54) is 18.4 Å². The van der Waals surface area contributed by atoms with E-state index in [0.717, 1.165) is 57.4 Å². The molecule has 2 aliphatic rings. The number of ether oxygens (including phenoxy) is 1. The van der Waals surface area contributed by atoms with Crippen LogP contribution in [0.5, 0.6) is 0 Å². The molecule has 0 saturated carbocycles. The fraction of sp³-hybridized carbons (Fsp3) is 0.667. The summed E-state index contributed by atoms with van der Waals surface area (Å²) in [5.74, 6) is 1.94. The Bertz CT molecular complexity index is 542. The number of halogens is 1. The maximum atomic E-state index is 5.66. The fourth-order valence-corrected chi connectivity index (χ4v) is 3.21. The maximum absolute atomic E-state index is 5.66. The van der Waals surface area contributed by atoms with Crippen LogP contribution in [-0.4, -0.2) is 49.8 Å². The highest BCUT2D eigenvalue weighted by molar-refractivity contribution is 14.0. The summed E-state index contributed by atoms with van der Waals surface area (Å²) in [4.78, 5) is 11.6. The molecule has 2 saturated heterocycles. The monoisotopic (exact) mass is 459 g/mol. The average molecular weight is 459 g/mol. The number of hydrogen-bond donors (Lipinski definition) is 2. The second-order valence-electron chi connectivity index (χ2n) is 6.43. The van der Waals surface area contributed by atoms with E-state index < -0.39 is 0 Å². The molecule has 0 bridgehead atoms. The molecule has 140 valence electrons. The van der Waals surface area contributed by atoms with Crippen molar-refractivity contribution in [2.75, 3.05) is 37.7 Å². The van der Waals surface area contributed by atoms with E-state index in [2.05, 4.69) is 33.5 Å². The molecule has 6 nitrogen and oxygen atoms in total. The van der Waals surface area contributed by atoms with Crippen LogP contribution >= 0.6 is 24.0 Å². The predicted molar refractivity (Wildman–Crippen MR) is 113 cm³/mol. The Morgan fingerprint density at radius 3 is 2.88 bits per heavy atom. The van der Waals surface area contributed by atoms with Crippen molar-refractivity contribution >= 4 is 35.8 Å². The molecular weight excluding hydrogens is 429 g/mol. The highest BCUT2D eigenvalue weighted by atomic mass is 127. The SMILES string of the molecule is CCNC(=NCc1ccnc(N2CCCC2)c1)NCC1CCCO1.I. The lowest BCUT2D eigenvalue weighted by Gasteiger charge is -2.17.